The third kappa shape index (κ3) is 3.07. The first-order valence-corrected chi connectivity index (χ1v) is 9.07. The number of benzene rings is 1. The number of nitrogens with one attached hydrogen (secondary N) is 2. The Kier molecular flexibility index (Phi) is 4.17. The zero-order valence-corrected chi connectivity index (χ0v) is 15.0. The van der Waals surface area contributed by atoms with Crippen LogP contribution in [-0.2, 0) is 15.1 Å². The Morgan fingerprint density at radius 3 is 2.78 bits per heavy atom. The summed E-state index contributed by atoms with van der Waals surface area (Å²) < 4.78 is 20.3. The number of cyclic esters (lactones) is 1. The fourth-order valence-electron chi connectivity index (χ4n) is 4.39. The lowest BCUT2D eigenvalue weighted by Crippen LogP contribution is -2.43. The lowest BCUT2D eigenvalue weighted by molar-refractivity contribution is -0.120. The van der Waals surface area contributed by atoms with Gasteiger partial charge in [-0.3, -0.25) is 4.79 Å². The van der Waals surface area contributed by atoms with Crippen molar-refractivity contribution in [3.63, 3.8) is 0 Å². The van der Waals surface area contributed by atoms with Crippen molar-refractivity contribution < 1.29 is 18.7 Å². The predicted molar refractivity (Wildman–Crippen MR) is 94.2 cm³/mol. The largest absolute Gasteiger partial charge is 0.434 e. The maximum atomic E-state index is 14.9. The van der Waals surface area contributed by atoms with Crippen LogP contribution in [0.25, 0.3) is 0 Å². The summed E-state index contributed by atoms with van der Waals surface area (Å²) in [6.45, 7) is 3.14. The van der Waals surface area contributed by atoms with E-state index < -0.39 is 11.7 Å². The van der Waals surface area contributed by atoms with Crippen molar-refractivity contribution in [1.29, 1.82) is 5.26 Å². The van der Waals surface area contributed by atoms with E-state index >= 15 is 0 Å². The molecule has 1 aliphatic carbocycles. The summed E-state index contributed by atoms with van der Waals surface area (Å²) in [5.74, 6) is 0.788. The molecular formula is C19H21FN4O3. The minimum Gasteiger partial charge on any atom is -0.434 e. The molecule has 0 bridgehead atoms. The Morgan fingerprint density at radius 1 is 1.48 bits per heavy atom. The number of alkyl carbamates (subject to hydrolysis) is 1. The van der Waals surface area contributed by atoms with E-state index in [1.807, 2.05) is 4.90 Å². The average molecular weight is 372 g/mol. The van der Waals surface area contributed by atoms with Gasteiger partial charge in [0, 0.05) is 32.0 Å². The van der Waals surface area contributed by atoms with E-state index in [9.17, 15) is 14.0 Å². The van der Waals surface area contributed by atoms with Crippen molar-refractivity contribution in [2.45, 2.75) is 18.9 Å². The lowest BCUT2D eigenvalue weighted by Gasteiger charge is -2.28. The Bertz CT molecular complexity index is 827. The van der Waals surface area contributed by atoms with Gasteiger partial charge in [-0.15, -0.1) is 0 Å². The second-order valence-corrected chi connectivity index (χ2v) is 7.57. The van der Waals surface area contributed by atoms with Crippen molar-refractivity contribution >= 4 is 17.7 Å². The molecule has 4 rings (SSSR count). The first-order chi connectivity index (χ1) is 12.9. The lowest BCUT2D eigenvalue weighted by atomic mass is 9.93. The molecule has 1 aromatic carbocycles. The number of carbonyl (C=O) groups excluding carboxylic acids is 2. The van der Waals surface area contributed by atoms with Crippen LogP contribution in [0.5, 0.6) is 0 Å². The van der Waals surface area contributed by atoms with Crippen molar-refractivity contribution in [2.75, 3.05) is 31.1 Å². The second kappa shape index (κ2) is 6.41. The standard InChI is InChI=1S/C19H21FN4O3/c1-11(25)22-9-19(10-23-18(26)27-19)12-2-3-17(16(20)6-12)24-7-14-13(4-5-21)15(14)8-24/h2-3,6,13-15H,4,7-10H2,1H3,(H,22,25)(H,23,26)/t13?,14-,15+,19-/m0/s1. The van der Waals surface area contributed by atoms with Crippen LogP contribution in [0.15, 0.2) is 18.2 Å². The third-order valence-corrected chi connectivity index (χ3v) is 5.94. The summed E-state index contributed by atoms with van der Waals surface area (Å²) in [5.41, 5.74) is -0.0937. The predicted octanol–water partition coefficient (Wildman–Crippen LogP) is 1.49. The minimum atomic E-state index is -1.12. The van der Waals surface area contributed by atoms with Gasteiger partial charge in [0.15, 0.2) is 5.60 Å². The number of nitriles is 1. The van der Waals surface area contributed by atoms with Gasteiger partial charge in [-0.05, 0) is 29.9 Å². The van der Waals surface area contributed by atoms with Crippen LogP contribution in [0.2, 0.25) is 0 Å². The molecule has 3 aliphatic rings. The highest BCUT2D eigenvalue weighted by molar-refractivity contribution is 5.74. The van der Waals surface area contributed by atoms with Gasteiger partial charge in [0.05, 0.1) is 24.8 Å². The highest BCUT2D eigenvalue weighted by Crippen LogP contribution is 2.54. The van der Waals surface area contributed by atoms with Gasteiger partial charge in [-0.1, -0.05) is 6.07 Å². The minimum absolute atomic E-state index is 0.0730. The molecule has 1 unspecified atom stereocenters. The fourth-order valence-corrected chi connectivity index (χ4v) is 4.39. The van der Waals surface area contributed by atoms with Crippen LogP contribution < -0.4 is 15.5 Å². The molecule has 7 nitrogen and oxygen atoms in total. The maximum Gasteiger partial charge on any atom is 0.408 e. The number of amides is 2. The first kappa shape index (κ1) is 17.6. The normalized spacial score (nSPS) is 30.9. The highest BCUT2D eigenvalue weighted by atomic mass is 19.1. The van der Waals surface area contributed by atoms with Crippen LogP contribution in [0, 0.1) is 34.9 Å². The Morgan fingerprint density at radius 2 is 2.22 bits per heavy atom. The molecule has 1 saturated carbocycles. The summed E-state index contributed by atoms with van der Waals surface area (Å²) in [7, 11) is 0. The van der Waals surface area contributed by atoms with Gasteiger partial charge in [-0.2, -0.15) is 5.26 Å². The first-order valence-electron chi connectivity index (χ1n) is 9.07. The van der Waals surface area contributed by atoms with E-state index in [1.165, 1.54) is 13.0 Å². The van der Waals surface area contributed by atoms with E-state index in [0.29, 0.717) is 35.4 Å². The molecule has 2 saturated heterocycles. The number of ether oxygens (including phenoxy) is 1. The molecule has 142 valence electrons. The number of piperidine rings is 1. The number of hydrogen-bond acceptors (Lipinski definition) is 5. The molecule has 0 radical (unpaired) electrons. The summed E-state index contributed by atoms with van der Waals surface area (Å²) in [5, 5.41) is 14.1. The summed E-state index contributed by atoms with van der Waals surface area (Å²) in [4.78, 5) is 24.9. The molecular weight excluding hydrogens is 351 g/mol. The monoisotopic (exact) mass is 372 g/mol. The van der Waals surface area contributed by atoms with Gasteiger partial charge in [0.1, 0.15) is 5.82 Å². The number of halogens is 1. The van der Waals surface area contributed by atoms with Gasteiger partial charge >= 0.3 is 6.09 Å². The van der Waals surface area contributed by atoms with E-state index in [1.54, 1.807) is 12.1 Å². The fraction of sp³-hybridized carbons (Fsp3) is 0.526. The van der Waals surface area contributed by atoms with Crippen molar-refractivity contribution in [1.82, 2.24) is 10.6 Å². The topological polar surface area (TPSA) is 94.5 Å². The second-order valence-electron chi connectivity index (χ2n) is 7.57. The number of anilines is 1. The molecule has 2 N–H and O–H groups in total. The molecule has 27 heavy (non-hydrogen) atoms. The summed E-state index contributed by atoms with van der Waals surface area (Å²) in [6, 6.07) is 7.06. The molecule has 0 spiro atoms. The Hall–Kier alpha value is -2.82. The molecule has 2 heterocycles. The van der Waals surface area contributed by atoms with Gasteiger partial charge < -0.3 is 20.3 Å². The number of fused-ring (bicyclic) bond motifs is 1. The van der Waals surface area contributed by atoms with E-state index in [2.05, 4.69) is 16.7 Å². The molecule has 8 heteroatoms. The molecule has 0 aromatic heterocycles. The Labute approximate surface area is 156 Å². The third-order valence-electron chi connectivity index (χ3n) is 5.94. The van der Waals surface area contributed by atoms with Crippen molar-refractivity contribution in [2.24, 2.45) is 17.8 Å². The number of carbonyl (C=O) groups is 2. The zero-order chi connectivity index (χ0) is 19.2. The zero-order valence-electron chi connectivity index (χ0n) is 15.0. The van der Waals surface area contributed by atoms with Crippen LogP contribution in [0.4, 0.5) is 14.9 Å². The van der Waals surface area contributed by atoms with Gasteiger partial charge in [-0.25, -0.2) is 9.18 Å². The average Bonchev–Trinajstić information content (AvgIpc) is 2.99. The van der Waals surface area contributed by atoms with E-state index in [-0.39, 0.29) is 24.8 Å². The van der Waals surface area contributed by atoms with Crippen molar-refractivity contribution in [3.05, 3.63) is 29.6 Å². The molecule has 2 amide bonds. The summed E-state index contributed by atoms with van der Waals surface area (Å²) >= 11 is 0. The number of hydrogen-bond donors (Lipinski definition) is 2. The maximum absolute atomic E-state index is 14.9. The highest BCUT2D eigenvalue weighted by Gasteiger charge is 2.55. The van der Waals surface area contributed by atoms with E-state index in [0.717, 1.165) is 13.1 Å². The quantitative estimate of drug-likeness (QED) is 0.817. The van der Waals surface area contributed by atoms with E-state index in [4.69, 9.17) is 10.00 Å². The smallest absolute Gasteiger partial charge is 0.408 e. The van der Waals surface area contributed by atoms with Crippen LogP contribution in [0.3, 0.4) is 0 Å². The summed E-state index contributed by atoms with van der Waals surface area (Å²) in [6.07, 6.45) is -0.0118. The van der Waals surface area contributed by atoms with Gasteiger partial charge in [0.2, 0.25) is 5.91 Å². The molecule has 1 aromatic rings. The molecule has 3 fully saturated rings. The number of rotatable bonds is 5. The molecule has 2 aliphatic heterocycles. The SMILES string of the molecule is CC(=O)NC[C@@]1(c2ccc(N3C[C@@H]4C(CC#N)[C@@H]4C3)c(F)c2)CNC(=O)O1. The Balaban J connectivity index is 1.52. The van der Waals surface area contributed by atoms with Crippen LogP contribution in [-0.4, -0.2) is 38.2 Å². The number of nitrogens with zero attached hydrogens (tertiary/aromatic N) is 2. The van der Waals surface area contributed by atoms with Crippen molar-refractivity contribution in [3.8, 4) is 6.07 Å². The van der Waals surface area contributed by atoms with Crippen LogP contribution >= 0.6 is 0 Å². The van der Waals surface area contributed by atoms with Gasteiger partial charge in [0.25, 0.3) is 0 Å². The molecule has 4 atom stereocenters. The van der Waals surface area contributed by atoms with Crippen LogP contribution in [0.1, 0.15) is 18.9 Å².